The van der Waals surface area contributed by atoms with Crippen molar-refractivity contribution in [3.8, 4) is 0 Å². The molecule has 64 valence electrons. The second-order valence-corrected chi connectivity index (χ2v) is 2.08. The van der Waals surface area contributed by atoms with Crippen LogP contribution in [0.3, 0.4) is 0 Å². The maximum absolute atomic E-state index is 5.04. The molecule has 0 rings (SSSR count). The SMILES string of the molecule is CCCC=N/C(COC)=N\N. The Morgan fingerprint density at radius 1 is 1.64 bits per heavy atom. The lowest BCUT2D eigenvalue weighted by Crippen LogP contribution is -2.06. The molecular formula is C7H15N3O. The van der Waals surface area contributed by atoms with Crippen LogP contribution in [0.5, 0.6) is 0 Å². The van der Waals surface area contributed by atoms with Crippen LogP contribution in [-0.4, -0.2) is 25.8 Å². The quantitative estimate of drug-likeness (QED) is 0.283. The summed E-state index contributed by atoms with van der Waals surface area (Å²) in [4.78, 5) is 4.00. The molecule has 4 nitrogen and oxygen atoms in total. The van der Waals surface area contributed by atoms with Crippen LogP contribution in [0.25, 0.3) is 0 Å². The van der Waals surface area contributed by atoms with Gasteiger partial charge in [-0.3, -0.25) is 0 Å². The molecule has 0 saturated carbocycles. The molecule has 0 fully saturated rings. The van der Waals surface area contributed by atoms with Gasteiger partial charge in [-0.05, 0) is 6.42 Å². The number of aliphatic imine (C=N–C) groups is 1. The van der Waals surface area contributed by atoms with Crippen molar-refractivity contribution in [3.63, 3.8) is 0 Å². The van der Waals surface area contributed by atoms with Gasteiger partial charge in [-0.15, -0.1) is 0 Å². The second-order valence-electron chi connectivity index (χ2n) is 2.08. The number of hydrogen-bond acceptors (Lipinski definition) is 3. The van der Waals surface area contributed by atoms with Crippen LogP contribution in [0, 0.1) is 0 Å². The summed E-state index contributed by atoms with van der Waals surface area (Å²) in [5.74, 6) is 5.56. The van der Waals surface area contributed by atoms with Crippen molar-refractivity contribution in [3.05, 3.63) is 0 Å². The van der Waals surface area contributed by atoms with Gasteiger partial charge in [-0.25, -0.2) is 4.99 Å². The molecule has 11 heavy (non-hydrogen) atoms. The van der Waals surface area contributed by atoms with Gasteiger partial charge in [0.25, 0.3) is 0 Å². The molecule has 0 saturated heterocycles. The first-order valence-electron chi connectivity index (χ1n) is 3.63. The third-order valence-electron chi connectivity index (χ3n) is 1.08. The summed E-state index contributed by atoms with van der Waals surface area (Å²) in [6.45, 7) is 2.46. The predicted molar refractivity (Wildman–Crippen MR) is 46.9 cm³/mol. The van der Waals surface area contributed by atoms with Gasteiger partial charge in [0.15, 0.2) is 5.84 Å². The molecule has 0 aromatic heterocycles. The smallest absolute Gasteiger partial charge is 0.173 e. The van der Waals surface area contributed by atoms with E-state index in [1.807, 2.05) is 0 Å². The first-order valence-corrected chi connectivity index (χ1v) is 3.63. The van der Waals surface area contributed by atoms with Crippen molar-refractivity contribution >= 4 is 12.1 Å². The van der Waals surface area contributed by atoms with E-state index in [0.29, 0.717) is 12.4 Å². The number of rotatable bonds is 4. The molecule has 0 atom stereocenters. The van der Waals surface area contributed by atoms with Crippen molar-refractivity contribution in [2.75, 3.05) is 13.7 Å². The molecule has 0 amide bonds. The number of amidine groups is 1. The lowest BCUT2D eigenvalue weighted by molar-refractivity contribution is 0.244. The van der Waals surface area contributed by atoms with E-state index >= 15 is 0 Å². The molecule has 0 bridgehead atoms. The Morgan fingerprint density at radius 3 is 2.82 bits per heavy atom. The predicted octanol–water partition coefficient (Wildman–Crippen LogP) is 0.776. The van der Waals surface area contributed by atoms with E-state index in [-0.39, 0.29) is 0 Å². The summed E-state index contributed by atoms with van der Waals surface area (Å²) in [7, 11) is 1.58. The van der Waals surface area contributed by atoms with Crippen molar-refractivity contribution in [2.45, 2.75) is 19.8 Å². The zero-order chi connectivity index (χ0) is 8.53. The Labute approximate surface area is 67.1 Å². The molecule has 0 aromatic rings. The summed E-state index contributed by atoms with van der Waals surface area (Å²) >= 11 is 0. The van der Waals surface area contributed by atoms with Crippen LogP contribution >= 0.6 is 0 Å². The highest BCUT2D eigenvalue weighted by Crippen LogP contribution is 1.84. The van der Waals surface area contributed by atoms with Crippen LogP contribution in [0.15, 0.2) is 10.1 Å². The van der Waals surface area contributed by atoms with E-state index in [1.165, 1.54) is 0 Å². The minimum atomic E-state index is 0.372. The first kappa shape index (κ1) is 10.1. The maximum atomic E-state index is 5.04. The average molecular weight is 157 g/mol. The maximum Gasteiger partial charge on any atom is 0.173 e. The van der Waals surface area contributed by atoms with Gasteiger partial charge in [0, 0.05) is 13.3 Å². The van der Waals surface area contributed by atoms with E-state index < -0.39 is 0 Å². The molecule has 0 aliphatic heterocycles. The molecule has 4 heteroatoms. The molecule has 0 aliphatic rings. The van der Waals surface area contributed by atoms with Gasteiger partial charge in [0.05, 0.1) is 0 Å². The average Bonchev–Trinajstić information content (AvgIpc) is 2.03. The standard InChI is InChI=1S/C7H15N3O/c1-3-4-5-9-7(10-8)6-11-2/h5H,3-4,6,8H2,1-2H3/b9-5?,10-7-. The summed E-state index contributed by atoms with van der Waals surface area (Å²) in [6, 6.07) is 0. The van der Waals surface area contributed by atoms with Gasteiger partial charge in [0.1, 0.15) is 6.61 Å². The highest BCUT2D eigenvalue weighted by Gasteiger charge is 1.91. The van der Waals surface area contributed by atoms with Crippen LogP contribution in [-0.2, 0) is 4.74 Å². The Morgan fingerprint density at radius 2 is 2.36 bits per heavy atom. The number of methoxy groups -OCH3 is 1. The van der Waals surface area contributed by atoms with Crippen LogP contribution in [0.1, 0.15) is 19.8 Å². The van der Waals surface area contributed by atoms with E-state index in [9.17, 15) is 0 Å². The number of nitrogens with zero attached hydrogens (tertiary/aromatic N) is 2. The summed E-state index contributed by atoms with van der Waals surface area (Å²) in [6.07, 6.45) is 3.82. The number of hydrazone groups is 1. The van der Waals surface area contributed by atoms with Crippen molar-refractivity contribution in [1.29, 1.82) is 0 Å². The Hall–Kier alpha value is -0.900. The zero-order valence-corrected chi connectivity index (χ0v) is 7.08. The molecule has 0 spiro atoms. The van der Waals surface area contributed by atoms with Crippen LogP contribution in [0.4, 0.5) is 0 Å². The highest BCUT2D eigenvalue weighted by atomic mass is 16.5. The molecule has 0 aliphatic carbocycles. The number of nitrogens with two attached hydrogens (primary N) is 1. The second kappa shape index (κ2) is 7.21. The fraction of sp³-hybridized carbons (Fsp3) is 0.714. The molecular weight excluding hydrogens is 142 g/mol. The van der Waals surface area contributed by atoms with Crippen LogP contribution in [0.2, 0.25) is 0 Å². The number of ether oxygens (including phenoxy) is 1. The topological polar surface area (TPSA) is 60.0 Å². The van der Waals surface area contributed by atoms with E-state index in [0.717, 1.165) is 12.8 Å². The van der Waals surface area contributed by atoms with E-state index in [2.05, 4.69) is 17.0 Å². The fourth-order valence-electron chi connectivity index (χ4n) is 0.536. The van der Waals surface area contributed by atoms with Gasteiger partial charge in [0.2, 0.25) is 0 Å². The summed E-state index contributed by atoms with van der Waals surface area (Å²) < 4.78 is 4.80. The minimum Gasteiger partial charge on any atom is -0.377 e. The molecule has 0 heterocycles. The normalized spacial score (nSPS) is 12.7. The molecule has 0 unspecified atom stereocenters. The first-order chi connectivity index (χ1) is 5.35. The Kier molecular flexibility index (Phi) is 6.62. The largest absolute Gasteiger partial charge is 0.377 e. The van der Waals surface area contributed by atoms with Gasteiger partial charge in [-0.1, -0.05) is 13.3 Å². The number of hydrogen-bond donors (Lipinski definition) is 1. The van der Waals surface area contributed by atoms with Gasteiger partial charge >= 0.3 is 0 Å². The van der Waals surface area contributed by atoms with E-state index in [4.69, 9.17) is 10.6 Å². The molecule has 0 aromatic carbocycles. The van der Waals surface area contributed by atoms with Gasteiger partial charge in [-0.2, -0.15) is 5.10 Å². The van der Waals surface area contributed by atoms with Crippen molar-refractivity contribution in [2.24, 2.45) is 15.9 Å². The lowest BCUT2D eigenvalue weighted by atomic mass is 10.4. The number of unbranched alkanes of at least 4 members (excludes halogenated alkanes) is 1. The van der Waals surface area contributed by atoms with Crippen LogP contribution < -0.4 is 5.84 Å². The Bertz CT molecular complexity index is 143. The third kappa shape index (κ3) is 5.54. The molecule has 0 radical (unpaired) electrons. The zero-order valence-electron chi connectivity index (χ0n) is 7.08. The van der Waals surface area contributed by atoms with Crippen molar-refractivity contribution < 1.29 is 4.74 Å². The van der Waals surface area contributed by atoms with E-state index in [1.54, 1.807) is 13.3 Å². The summed E-state index contributed by atoms with van der Waals surface area (Å²) in [5.41, 5.74) is 0. The minimum absolute atomic E-state index is 0.372. The third-order valence-corrected chi connectivity index (χ3v) is 1.08. The summed E-state index contributed by atoms with van der Waals surface area (Å²) in [5, 5.41) is 3.44. The van der Waals surface area contributed by atoms with Gasteiger partial charge < -0.3 is 10.6 Å². The highest BCUT2D eigenvalue weighted by molar-refractivity contribution is 5.90. The molecule has 2 N–H and O–H groups in total. The fourth-order valence-corrected chi connectivity index (χ4v) is 0.536. The van der Waals surface area contributed by atoms with Crippen molar-refractivity contribution in [1.82, 2.24) is 0 Å². The Balaban J connectivity index is 3.69. The lowest BCUT2D eigenvalue weighted by Gasteiger charge is -1.95. The monoisotopic (exact) mass is 157 g/mol.